The van der Waals surface area contributed by atoms with Crippen LogP contribution in [0.2, 0.25) is 5.02 Å². The molecule has 2 aromatic rings. The van der Waals surface area contributed by atoms with Crippen LogP contribution >= 0.6 is 11.6 Å². The first-order valence-electron chi connectivity index (χ1n) is 9.53. The van der Waals surface area contributed by atoms with Gasteiger partial charge in [-0.1, -0.05) is 29.8 Å². The summed E-state index contributed by atoms with van der Waals surface area (Å²) in [6.07, 6.45) is -2.69. The van der Waals surface area contributed by atoms with Gasteiger partial charge in [-0.2, -0.15) is 13.2 Å². The van der Waals surface area contributed by atoms with Gasteiger partial charge in [0.25, 0.3) is 0 Å². The minimum atomic E-state index is -4.58. The van der Waals surface area contributed by atoms with Gasteiger partial charge in [0.2, 0.25) is 0 Å². The van der Waals surface area contributed by atoms with Crippen molar-refractivity contribution in [3.63, 3.8) is 0 Å². The Hall–Kier alpha value is -1.63. The first kappa shape index (κ1) is 22.1. The fourth-order valence-electron chi connectivity index (χ4n) is 4.44. The van der Waals surface area contributed by atoms with E-state index in [9.17, 15) is 22.7 Å². The summed E-state index contributed by atoms with van der Waals surface area (Å²) < 4.78 is 53.3. The van der Waals surface area contributed by atoms with Crippen LogP contribution in [-0.2, 0) is 11.8 Å². The smallest absolute Gasteiger partial charge is 0.385 e. The summed E-state index contributed by atoms with van der Waals surface area (Å²) >= 11 is 5.71. The van der Waals surface area contributed by atoms with Crippen LogP contribution in [0.15, 0.2) is 42.5 Å². The summed E-state index contributed by atoms with van der Waals surface area (Å²) in [5.74, 6) is -0.149. The first-order chi connectivity index (χ1) is 13.5. The van der Waals surface area contributed by atoms with Crippen molar-refractivity contribution in [1.29, 1.82) is 0 Å². The maximum atomic E-state index is 13.7. The molecule has 1 atom stereocenters. The van der Waals surface area contributed by atoms with Crippen molar-refractivity contribution in [2.75, 3.05) is 14.1 Å². The topological polar surface area (TPSA) is 23.5 Å². The van der Waals surface area contributed by atoms with E-state index >= 15 is 0 Å². The summed E-state index contributed by atoms with van der Waals surface area (Å²) in [5.41, 5.74) is -1.17. The number of halogens is 5. The van der Waals surface area contributed by atoms with Crippen molar-refractivity contribution < 1.29 is 22.7 Å². The largest absolute Gasteiger partial charge is 0.417 e. The van der Waals surface area contributed by atoms with Crippen molar-refractivity contribution in [3.05, 3.63) is 70.0 Å². The number of aliphatic hydroxyl groups is 1. The van der Waals surface area contributed by atoms with Gasteiger partial charge >= 0.3 is 6.18 Å². The van der Waals surface area contributed by atoms with Crippen LogP contribution in [0.4, 0.5) is 17.6 Å². The van der Waals surface area contributed by atoms with Gasteiger partial charge in [-0.05, 0) is 81.1 Å². The lowest BCUT2D eigenvalue weighted by molar-refractivity contribution is -0.137. The normalized spacial score (nSPS) is 24.0. The van der Waals surface area contributed by atoms with E-state index in [1.54, 1.807) is 6.07 Å². The second kappa shape index (κ2) is 8.25. The minimum Gasteiger partial charge on any atom is -0.385 e. The predicted molar refractivity (Wildman–Crippen MR) is 105 cm³/mol. The van der Waals surface area contributed by atoms with Crippen molar-refractivity contribution in [2.24, 2.45) is 5.92 Å². The number of nitrogens with zero attached hydrogens (tertiary/aromatic N) is 1. The highest BCUT2D eigenvalue weighted by Gasteiger charge is 2.40. The Kier molecular flexibility index (Phi) is 6.27. The summed E-state index contributed by atoms with van der Waals surface area (Å²) in [7, 11) is 3.84. The highest BCUT2D eigenvalue weighted by Crippen LogP contribution is 2.46. The quantitative estimate of drug-likeness (QED) is 0.587. The molecular weight excluding hydrogens is 406 g/mol. The van der Waals surface area contributed by atoms with Crippen LogP contribution in [0.5, 0.6) is 0 Å². The van der Waals surface area contributed by atoms with Crippen LogP contribution in [-0.4, -0.2) is 24.1 Å². The van der Waals surface area contributed by atoms with E-state index in [0.29, 0.717) is 25.7 Å². The molecule has 1 aliphatic carbocycles. The van der Waals surface area contributed by atoms with E-state index in [1.165, 1.54) is 24.3 Å². The Balaban J connectivity index is 1.82. The molecule has 1 N–H and O–H groups in total. The van der Waals surface area contributed by atoms with Crippen molar-refractivity contribution in [3.8, 4) is 0 Å². The number of benzene rings is 2. The van der Waals surface area contributed by atoms with Crippen molar-refractivity contribution >= 4 is 11.6 Å². The molecule has 0 bridgehead atoms. The van der Waals surface area contributed by atoms with Crippen molar-refractivity contribution in [1.82, 2.24) is 4.90 Å². The van der Waals surface area contributed by atoms with E-state index in [-0.39, 0.29) is 28.4 Å². The molecule has 1 aliphatic rings. The fraction of sp³-hybridized carbons (Fsp3) is 0.455. The number of rotatable bonds is 4. The van der Waals surface area contributed by atoms with E-state index < -0.39 is 17.3 Å². The van der Waals surface area contributed by atoms with Crippen LogP contribution in [0, 0.1) is 11.7 Å². The summed E-state index contributed by atoms with van der Waals surface area (Å²) in [6.45, 7) is 0. The maximum absolute atomic E-state index is 13.7. The van der Waals surface area contributed by atoms with E-state index in [2.05, 4.69) is 0 Å². The lowest BCUT2D eigenvalue weighted by atomic mass is 9.71. The first-order valence-corrected chi connectivity index (χ1v) is 9.90. The molecule has 0 spiro atoms. The maximum Gasteiger partial charge on any atom is 0.417 e. The standard InChI is InChI=1S/C22H24ClF4NO/c1-28(2)20(15-4-3-5-17(24)12-15)14-8-10-21(29,11-9-14)16-6-7-19(23)18(13-16)22(25,26)27/h3-7,12-14,20,29H,8-11H2,1-2H3. The molecule has 1 unspecified atom stereocenters. The fourth-order valence-corrected chi connectivity index (χ4v) is 4.66. The van der Waals surface area contributed by atoms with E-state index in [4.69, 9.17) is 11.6 Å². The molecule has 0 heterocycles. The second-order valence-corrected chi connectivity index (χ2v) is 8.43. The molecule has 0 aromatic heterocycles. The average Bonchev–Trinajstić information content (AvgIpc) is 2.63. The van der Waals surface area contributed by atoms with Crippen LogP contribution in [0.1, 0.15) is 48.4 Å². The van der Waals surface area contributed by atoms with Gasteiger partial charge in [0.15, 0.2) is 0 Å². The number of hydrogen-bond acceptors (Lipinski definition) is 2. The Bertz CT molecular complexity index is 860. The average molecular weight is 430 g/mol. The Labute approximate surface area is 173 Å². The summed E-state index contributed by atoms with van der Waals surface area (Å²) in [4.78, 5) is 2.02. The minimum absolute atomic E-state index is 0.0359. The van der Waals surface area contributed by atoms with E-state index in [1.807, 2.05) is 25.1 Å². The molecule has 0 saturated heterocycles. The highest BCUT2D eigenvalue weighted by atomic mass is 35.5. The molecule has 1 fully saturated rings. The lowest BCUT2D eigenvalue weighted by Gasteiger charge is -2.41. The van der Waals surface area contributed by atoms with Crippen molar-refractivity contribution in [2.45, 2.75) is 43.5 Å². The highest BCUT2D eigenvalue weighted by molar-refractivity contribution is 6.31. The molecular formula is C22H24ClF4NO. The molecule has 7 heteroatoms. The zero-order chi connectivity index (χ0) is 21.4. The molecule has 0 radical (unpaired) electrons. The third kappa shape index (κ3) is 4.76. The molecule has 2 nitrogen and oxygen atoms in total. The van der Waals surface area contributed by atoms with Crippen LogP contribution in [0.3, 0.4) is 0 Å². The zero-order valence-corrected chi connectivity index (χ0v) is 17.1. The molecule has 3 rings (SSSR count). The molecule has 1 saturated carbocycles. The Morgan fingerprint density at radius 2 is 1.76 bits per heavy atom. The van der Waals surface area contributed by atoms with Crippen LogP contribution in [0.25, 0.3) is 0 Å². The zero-order valence-electron chi connectivity index (χ0n) is 16.3. The SMILES string of the molecule is CN(C)C(c1cccc(F)c1)C1CCC(O)(c2ccc(Cl)c(C(F)(F)F)c2)CC1. The third-order valence-corrected chi connectivity index (χ3v) is 6.19. The monoisotopic (exact) mass is 429 g/mol. The Morgan fingerprint density at radius 3 is 2.31 bits per heavy atom. The molecule has 29 heavy (non-hydrogen) atoms. The second-order valence-electron chi connectivity index (χ2n) is 8.02. The predicted octanol–water partition coefficient (Wildman–Crippen LogP) is 6.18. The molecule has 2 aromatic carbocycles. The third-order valence-electron chi connectivity index (χ3n) is 5.86. The molecule has 0 aliphatic heterocycles. The van der Waals surface area contributed by atoms with Gasteiger partial charge in [0.05, 0.1) is 16.2 Å². The molecule has 0 amide bonds. The van der Waals surface area contributed by atoms with Gasteiger partial charge in [-0.15, -0.1) is 0 Å². The summed E-state index contributed by atoms with van der Waals surface area (Å²) in [6, 6.07) is 10.0. The number of alkyl halides is 3. The van der Waals surface area contributed by atoms with Gasteiger partial charge in [-0.25, -0.2) is 4.39 Å². The lowest BCUT2D eigenvalue weighted by Crippen LogP contribution is -2.36. The van der Waals surface area contributed by atoms with Gasteiger partial charge in [0.1, 0.15) is 5.82 Å². The van der Waals surface area contributed by atoms with Crippen LogP contribution < -0.4 is 0 Å². The van der Waals surface area contributed by atoms with Gasteiger partial charge < -0.3 is 10.0 Å². The van der Waals surface area contributed by atoms with Gasteiger partial charge in [-0.3, -0.25) is 0 Å². The Morgan fingerprint density at radius 1 is 1.10 bits per heavy atom. The summed E-state index contributed by atoms with van der Waals surface area (Å²) in [5, 5.41) is 10.7. The molecule has 158 valence electrons. The number of hydrogen-bond donors (Lipinski definition) is 1. The van der Waals surface area contributed by atoms with Gasteiger partial charge in [0, 0.05) is 6.04 Å². The van der Waals surface area contributed by atoms with E-state index in [0.717, 1.165) is 11.6 Å².